The van der Waals surface area contributed by atoms with E-state index in [1.807, 2.05) is 0 Å². The van der Waals surface area contributed by atoms with E-state index in [2.05, 4.69) is 21.2 Å². The van der Waals surface area contributed by atoms with Crippen molar-refractivity contribution in [1.82, 2.24) is 5.32 Å². The fraction of sp³-hybridized carbons (Fsp3) is 0.455. The highest BCUT2D eigenvalue weighted by atomic mass is 79.9. The molecule has 82 valence electrons. The van der Waals surface area contributed by atoms with Crippen LogP contribution in [0.5, 0.6) is 0 Å². The molecule has 2 rings (SSSR count). The lowest BCUT2D eigenvalue weighted by molar-refractivity contribution is 0.559. The monoisotopic (exact) mass is 291 g/mol. The molecule has 1 aromatic rings. The maximum atomic E-state index is 13.7. The van der Waals surface area contributed by atoms with Crippen molar-refractivity contribution in [2.75, 3.05) is 6.54 Å². The third-order valence-electron chi connectivity index (χ3n) is 2.75. The van der Waals surface area contributed by atoms with Crippen LogP contribution in [0.4, 0.5) is 4.39 Å². The van der Waals surface area contributed by atoms with Gasteiger partial charge in [0, 0.05) is 16.1 Å². The van der Waals surface area contributed by atoms with E-state index in [0.29, 0.717) is 18.0 Å². The molecule has 1 heterocycles. The molecule has 1 fully saturated rings. The van der Waals surface area contributed by atoms with Crippen LogP contribution in [-0.4, -0.2) is 12.6 Å². The minimum Gasteiger partial charge on any atom is -0.314 e. The summed E-state index contributed by atoms with van der Waals surface area (Å²) in [4.78, 5) is 0. The second-order valence-corrected chi connectivity index (χ2v) is 5.08. The van der Waals surface area contributed by atoms with Crippen molar-refractivity contribution in [1.29, 1.82) is 0 Å². The molecular formula is C11H12BrClFN. The lowest BCUT2D eigenvalue weighted by Crippen LogP contribution is -2.24. The first kappa shape index (κ1) is 11.4. The Morgan fingerprint density at radius 3 is 3.00 bits per heavy atom. The van der Waals surface area contributed by atoms with Gasteiger partial charge in [-0.15, -0.1) is 0 Å². The molecule has 1 saturated heterocycles. The molecule has 15 heavy (non-hydrogen) atoms. The average molecular weight is 293 g/mol. The molecule has 0 amide bonds. The highest BCUT2D eigenvalue weighted by molar-refractivity contribution is 9.10. The van der Waals surface area contributed by atoms with Crippen LogP contribution in [-0.2, 0) is 6.42 Å². The highest BCUT2D eigenvalue weighted by Gasteiger charge is 2.19. The number of hydrogen-bond donors (Lipinski definition) is 1. The quantitative estimate of drug-likeness (QED) is 0.822. The van der Waals surface area contributed by atoms with Crippen LogP contribution in [0, 0.1) is 5.82 Å². The molecule has 0 saturated carbocycles. The predicted molar refractivity (Wildman–Crippen MR) is 63.8 cm³/mol. The van der Waals surface area contributed by atoms with Crippen molar-refractivity contribution >= 4 is 27.5 Å². The Kier molecular flexibility index (Phi) is 3.65. The summed E-state index contributed by atoms with van der Waals surface area (Å²) in [7, 11) is 0. The zero-order valence-electron chi connectivity index (χ0n) is 8.19. The molecule has 1 atom stereocenters. The fourth-order valence-corrected chi connectivity index (χ4v) is 2.58. The zero-order chi connectivity index (χ0) is 10.8. The van der Waals surface area contributed by atoms with Gasteiger partial charge in [-0.1, -0.05) is 27.5 Å². The largest absolute Gasteiger partial charge is 0.314 e. The minimum atomic E-state index is -0.292. The SMILES string of the molecule is Fc1c(Cl)ccc(Br)c1CC1CCCN1. The first-order valence-corrected chi connectivity index (χ1v) is 6.21. The smallest absolute Gasteiger partial charge is 0.146 e. The second kappa shape index (κ2) is 4.81. The van der Waals surface area contributed by atoms with Crippen molar-refractivity contribution in [2.45, 2.75) is 25.3 Å². The van der Waals surface area contributed by atoms with Crippen LogP contribution in [0.3, 0.4) is 0 Å². The van der Waals surface area contributed by atoms with Gasteiger partial charge in [0.1, 0.15) is 5.82 Å². The Morgan fingerprint density at radius 1 is 1.53 bits per heavy atom. The number of nitrogens with one attached hydrogen (secondary N) is 1. The van der Waals surface area contributed by atoms with E-state index in [-0.39, 0.29) is 10.8 Å². The summed E-state index contributed by atoms with van der Waals surface area (Å²) in [5.41, 5.74) is 0.682. The van der Waals surface area contributed by atoms with Gasteiger partial charge in [-0.25, -0.2) is 4.39 Å². The molecule has 1 aliphatic heterocycles. The maximum Gasteiger partial charge on any atom is 0.146 e. The lowest BCUT2D eigenvalue weighted by atomic mass is 10.0. The Balaban J connectivity index is 2.22. The molecule has 0 spiro atoms. The van der Waals surface area contributed by atoms with Gasteiger partial charge in [0.15, 0.2) is 0 Å². The third-order valence-corrected chi connectivity index (χ3v) is 3.79. The summed E-state index contributed by atoms with van der Waals surface area (Å²) in [5, 5.41) is 3.55. The van der Waals surface area contributed by atoms with Crippen molar-refractivity contribution in [3.8, 4) is 0 Å². The molecule has 0 radical (unpaired) electrons. The summed E-state index contributed by atoms with van der Waals surface area (Å²) in [6.45, 7) is 1.03. The van der Waals surface area contributed by atoms with Gasteiger partial charge in [0.2, 0.25) is 0 Å². The average Bonchev–Trinajstić information content (AvgIpc) is 2.71. The Morgan fingerprint density at radius 2 is 2.33 bits per heavy atom. The van der Waals surface area contributed by atoms with E-state index in [1.165, 1.54) is 6.42 Å². The van der Waals surface area contributed by atoms with E-state index < -0.39 is 0 Å². The van der Waals surface area contributed by atoms with Crippen molar-refractivity contribution in [3.63, 3.8) is 0 Å². The molecule has 1 N–H and O–H groups in total. The summed E-state index contributed by atoms with van der Waals surface area (Å²) >= 11 is 9.12. The van der Waals surface area contributed by atoms with Crippen LogP contribution >= 0.6 is 27.5 Å². The lowest BCUT2D eigenvalue weighted by Gasteiger charge is -2.13. The standard InChI is InChI=1S/C11H12BrClFN/c12-9-3-4-10(13)11(14)8(9)6-7-2-1-5-15-7/h3-4,7,15H,1-2,5-6H2. The number of hydrogen-bond acceptors (Lipinski definition) is 1. The zero-order valence-corrected chi connectivity index (χ0v) is 10.5. The van der Waals surface area contributed by atoms with Gasteiger partial charge in [-0.05, 0) is 37.9 Å². The Hall–Kier alpha value is -0.120. The number of rotatable bonds is 2. The van der Waals surface area contributed by atoms with E-state index in [9.17, 15) is 4.39 Å². The predicted octanol–water partition coefficient (Wildman–Crippen LogP) is 3.54. The summed E-state index contributed by atoms with van der Waals surface area (Å²) in [5.74, 6) is -0.292. The molecule has 1 aromatic carbocycles. The van der Waals surface area contributed by atoms with Crippen LogP contribution in [0.25, 0.3) is 0 Å². The summed E-state index contributed by atoms with van der Waals surface area (Å²) in [6.07, 6.45) is 2.98. The second-order valence-electron chi connectivity index (χ2n) is 3.82. The fourth-order valence-electron chi connectivity index (χ4n) is 1.93. The summed E-state index contributed by atoms with van der Waals surface area (Å²) < 4.78 is 14.5. The van der Waals surface area contributed by atoms with E-state index >= 15 is 0 Å². The van der Waals surface area contributed by atoms with Gasteiger partial charge in [-0.3, -0.25) is 0 Å². The first-order chi connectivity index (χ1) is 7.18. The summed E-state index contributed by atoms with van der Waals surface area (Å²) in [6, 6.07) is 3.76. The third kappa shape index (κ3) is 2.52. The van der Waals surface area contributed by atoms with Crippen LogP contribution < -0.4 is 5.32 Å². The van der Waals surface area contributed by atoms with Crippen LogP contribution in [0.2, 0.25) is 5.02 Å². The molecule has 1 aliphatic rings. The van der Waals surface area contributed by atoms with Gasteiger partial charge < -0.3 is 5.32 Å². The highest BCUT2D eigenvalue weighted by Crippen LogP contribution is 2.28. The molecule has 1 nitrogen and oxygen atoms in total. The van der Waals surface area contributed by atoms with Gasteiger partial charge in [-0.2, -0.15) is 0 Å². The molecular weight excluding hydrogens is 280 g/mol. The normalized spacial score (nSPS) is 20.9. The molecule has 4 heteroatoms. The van der Waals surface area contributed by atoms with Crippen LogP contribution in [0.15, 0.2) is 16.6 Å². The maximum absolute atomic E-state index is 13.7. The van der Waals surface area contributed by atoms with E-state index in [0.717, 1.165) is 17.4 Å². The van der Waals surface area contributed by atoms with Gasteiger partial charge >= 0.3 is 0 Å². The molecule has 1 unspecified atom stereocenters. The van der Waals surface area contributed by atoms with E-state index in [4.69, 9.17) is 11.6 Å². The Labute approximate surface area is 102 Å². The first-order valence-electron chi connectivity index (χ1n) is 5.04. The number of benzene rings is 1. The number of halogens is 3. The van der Waals surface area contributed by atoms with Crippen LogP contribution in [0.1, 0.15) is 18.4 Å². The van der Waals surface area contributed by atoms with Gasteiger partial charge in [0.25, 0.3) is 0 Å². The van der Waals surface area contributed by atoms with Crippen molar-refractivity contribution < 1.29 is 4.39 Å². The molecule has 0 aromatic heterocycles. The Bertz CT molecular complexity index is 364. The van der Waals surface area contributed by atoms with E-state index in [1.54, 1.807) is 12.1 Å². The van der Waals surface area contributed by atoms with Gasteiger partial charge in [0.05, 0.1) is 5.02 Å². The molecule has 0 aliphatic carbocycles. The minimum absolute atomic E-state index is 0.200. The van der Waals surface area contributed by atoms with Crippen molar-refractivity contribution in [2.24, 2.45) is 0 Å². The molecule has 0 bridgehead atoms. The topological polar surface area (TPSA) is 12.0 Å². The van der Waals surface area contributed by atoms with Crippen molar-refractivity contribution in [3.05, 3.63) is 33.0 Å².